The Morgan fingerprint density at radius 1 is 1.41 bits per heavy atom. The molecule has 2 heterocycles. The first-order valence-corrected chi connectivity index (χ1v) is 8.00. The predicted molar refractivity (Wildman–Crippen MR) is 84.0 cm³/mol. The van der Waals surface area contributed by atoms with Crippen LogP contribution in [0.3, 0.4) is 0 Å². The normalized spacial score (nSPS) is 17.7. The van der Waals surface area contributed by atoms with Crippen LogP contribution in [0.15, 0.2) is 29.6 Å². The van der Waals surface area contributed by atoms with Gasteiger partial charge in [-0.2, -0.15) is 0 Å². The number of nitrogens with zero attached hydrogens (tertiary/aromatic N) is 2. The van der Waals surface area contributed by atoms with Crippen molar-refractivity contribution in [3.63, 3.8) is 0 Å². The van der Waals surface area contributed by atoms with Gasteiger partial charge in [-0.05, 0) is 31.9 Å². The molecule has 1 amide bonds. The van der Waals surface area contributed by atoms with Gasteiger partial charge in [0, 0.05) is 23.1 Å². The molecule has 1 aromatic carbocycles. The molecular weight excluding hydrogens is 300 g/mol. The number of aryl methyl sites for hydroxylation is 1. The Bertz CT molecular complexity index is 726. The number of amides is 1. The average molecular weight is 316 g/mol. The molecule has 1 saturated heterocycles. The number of thiazole rings is 1. The van der Waals surface area contributed by atoms with Crippen LogP contribution in [0.1, 0.15) is 28.2 Å². The lowest BCUT2D eigenvalue weighted by Crippen LogP contribution is -2.40. The molecule has 2 aromatic rings. The molecule has 1 aliphatic heterocycles. The van der Waals surface area contributed by atoms with Crippen molar-refractivity contribution >= 4 is 23.2 Å². The topological polar surface area (TPSA) is 70.5 Å². The third-order valence-corrected chi connectivity index (χ3v) is 4.60. The predicted octanol–water partition coefficient (Wildman–Crippen LogP) is 2.81. The molecule has 0 unspecified atom stereocenters. The fourth-order valence-corrected chi connectivity index (χ4v) is 3.36. The summed E-state index contributed by atoms with van der Waals surface area (Å²) >= 11 is 1.56. The molecule has 1 aliphatic rings. The first-order valence-electron chi connectivity index (χ1n) is 7.12. The van der Waals surface area contributed by atoms with Gasteiger partial charge in [0.15, 0.2) is 0 Å². The molecule has 114 valence electrons. The van der Waals surface area contributed by atoms with E-state index in [1.807, 2.05) is 24.4 Å². The zero-order valence-electron chi connectivity index (χ0n) is 12.2. The molecule has 6 heteroatoms. The highest BCUT2D eigenvalue weighted by Gasteiger charge is 2.34. The van der Waals surface area contributed by atoms with Gasteiger partial charge < -0.3 is 10.0 Å². The molecular formula is C16H16N2O3S. The molecule has 1 N–H and O–H groups in total. The van der Waals surface area contributed by atoms with Gasteiger partial charge in [-0.1, -0.05) is 12.1 Å². The van der Waals surface area contributed by atoms with Crippen molar-refractivity contribution in [3.05, 3.63) is 40.2 Å². The minimum Gasteiger partial charge on any atom is -0.480 e. The zero-order valence-corrected chi connectivity index (χ0v) is 13.0. The van der Waals surface area contributed by atoms with E-state index in [4.69, 9.17) is 0 Å². The van der Waals surface area contributed by atoms with Crippen molar-refractivity contribution in [2.24, 2.45) is 0 Å². The number of carbonyl (C=O) groups is 2. The van der Waals surface area contributed by atoms with Gasteiger partial charge in [-0.15, -0.1) is 11.3 Å². The molecule has 3 rings (SSSR count). The quantitative estimate of drug-likeness (QED) is 0.945. The van der Waals surface area contributed by atoms with Crippen molar-refractivity contribution in [2.45, 2.75) is 25.8 Å². The van der Waals surface area contributed by atoms with Crippen LogP contribution in [0.5, 0.6) is 0 Å². The minimum absolute atomic E-state index is 0.223. The Morgan fingerprint density at radius 3 is 2.91 bits per heavy atom. The van der Waals surface area contributed by atoms with Crippen LogP contribution in [-0.2, 0) is 4.79 Å². The highest BCUT2D eigenvalue weighted by molar-refractivity contribution is 7.09. The molecule has 22 heavy (non-hydrogen) atoms. The van der Waals surface area contributed by atoms with E-state index in [1.54, 1.807) is 23.5 Å². The zero-order chi connectivity index (χ0) is 15.7. The van der Waals surface area contributed by atoms with Crippen molar-refractivity contribution < 1.29 is 14.7 Å². The molecule has 0 saturated carbocycles. The highest BCUT2D eigenvalue weighted by Crippen LogP contribution is 2.25. The lowest BCUT2D eigenvalue weighted by Gasteiger charge is -2.21. The van der Waals surface area contributed by atoms with Gasteiger partial charge >= 0.3 is 5.97 Å². The molecule has 0 radical (unpaired) electrons. The van der Waals surface area contributed by atoms with E-state index in [1.165, 1.54) is 4.90 Å². The van der Waals surface area contributed by atoms with Crippen molar-refractivity contribution in [1.29, 1.82) is 0 Å². The summed E-state index contributed by atoms with van der Waals surface area (Å²) in [6, 6.07) is 6.52. The van der Waals surface area contributed by atoms with Gasteiger partial charge in [0.1, 0.15) is 6.04 Å². The van der Waals surface area contributed by atoms with Gasteiger partial charge in [0.05, 0.1) is 10.7 Å². The van der Waals surface area contributed by atoms with Crippen LogP contribution in [0.25, 0.3) is 11.3 Å². The summed E-state index contributed by atoms with van der Waals surface area (Å²) in [4.78, 5) is 29.7. The number of aromatic nitrogens is 1. The SMILES string of the molecule is Cc1nc(-c2cccc(C(=O)N3CCC[C@H]3C(=O)O)c2)cs1. The van der Waals surface area contributed by atoms with Crippen LogP contribution < -0.4 is 0 Å². The fraction of sp³-hybridized carbons (Fsp3) is 0.312. The summed E-state index contributed by atoms with van der Waals surface area (Å²) < 4.78 is 0. The summed E-state index contributed by atoms with van der Waals surface area (Å²) in [5.74, 6) is -1.16. The number of carboxylic acid groups (broad SMARTS) is 1. The molecule has 5 nitrogen and oxygen atoms in total. The first kappa shape index (κ1) is 14.7. The Morgan fingerprint density at radius 2 is 2.23 bits per heavy atom. The molecule has 1 fully saturated rings. The van der Waals surface area contributed by atoms with Crippen LogP contribution in [0.4, 0.5) is 0 Å². The molecule has 1 atom stereocenters. The monoisotopic (exact) mass is 316 g/mol. The maximum atomic E-state index is 12.6. The summed E-state index contributed by atoms with van der Waals surface area (Å²) in [6.45, 7) is 2.43. The maximum Gasteiger partial charge on any atom is 0.326 e. The summed E-state index contributed by atoms with van der Waals surface area (Å²) in [6.07, 6.45) is 1.25. The number of benzene rings is 1. The number of aliphatic carboxylic acids is 1. The molecule has 1 aromatic heterocycles. The Balaban J connectivity index is 1.89. The first-order chi connectivity index (χ1) is 10.6. The van der Waals surface area contributed by atoms with Crippen molar-refractivity contribution in [2.75, 3.05) is 6.54 Å². The second-order valence-electron chi connectivity index (χ2n) is 5.33. The van der Waals surface area contributed by atoms with E-state index in [9.17, 15) is 14.7 Å². The van der Waals surface area contributed by atoms with Crippen LogP contribution in [-0.4, -0.2) is 39.5 Å². The number of hydrogen-bond donors (Lipinski definition) is 1. The summed E-state index contributed by atoms with van der Waals surface area (Å²) in [7, 11) is 0. The lowest BCUT2D eigenvalue weighted by atomic mass is 10.1. The fourth-order valence-electron chi connectivity index (χ4n) is 2.74. The maximum absolute atomic E-state index is 12.6. The third-order valence-electron chi connectivity index (χ3n) is 3.82. The van der Waals surface area contributed by atoms with Crippen molar-refractivity contribution in [1.82, 2.24) is 9.88 Å². The third kappa shape index (κ3) is 2.74. The van der Waals surface area contributed by atoms with Gasteiger partial charge in [-0.3, -0.25) is 4.79 Å². The summed E-state index contributed by atoms with van der Waals surface area (Å²) in [5, 5.41) is 12.1. The number of rotatable bonds is 3. The van der Waals surface area contributed by atoms with E-state index in [0.717, 1.165) is 22.7 Å². The molecule has 0 aliphatic carbocycles. The number of hydrogen-bond acceptors (Lipinski definition) is 4. The second kappa shape index (κ2) is 5.88. The van der Waals surface area contributed by atoms with Gasteiger partial charge in [0.2, 0.25) is 0 Å². The minimum atomic E-state index is -0.933. The van der Waals surface area contributed by atoms with E-state index >= 15 is 0 Å². The van der Waals surface area contributed by atoms with E-state index in [0.29, 0.717) is 18.5 Å². The van der Waals surface area contributed by atoms with E-state index < -0.39 is 12.0 Å². The van der Waals surface area contributed by atoms with Crippen LogP contribution in [0.2, 0.25) is 0 Å². The Hall–Kier alpha value is -2.21. The lowest BCUT2D eigenvalue weighted by molar-refractivity contribution is -0.141. The highest BCUT2D eigenvalue weighted by atomic mass is 32.1. The number of likely N-dealkylation sites (tertiary alicyclic amines) is 1. The van der Waals surface area contributed by atoms with Crippen LogP contribution >= 0.6 is 11.3 Å². The molecule has 0 spiro atoms. The Labute approximate surface area is 132 Å². The smallest absolute Gasteiger partial charge is 0.326 e. The van der Waals surface area contributed by atoms with Gasteiger partial charge in [-0.25, -0.2) is 9.78 Å². The standard InChI is InChI=1S/C16H16N2O3S/c1-10-17-13(9-22-10)11-4-2-5-12(8-11)15(19)18-7-3-6-14(18)16(20)21/h2,4-5,8-9,14H,3,6-7H2,1H3,(H,20,21)/t14-/m0/s1. The van der Waals surface area contributed by atoms with Crippen LogP contribution in [0, 0.1) is 6.92 Å². The van der Waals surface area contributed by atoms with E-state index in [-0.39, 0.29) is 5.91 Å². The Kier molecular flexibility index (Phi) is 3.94. The average Bonchev–Trinajstić information content (AvgIpc) is 3.15. The van der Waals surface area contributed by atoms with Crippen molar-refractivity contribution in [3.8, 4) is 11.3 Å². The second-order valence-corrected chi connectivity index (χ2v) is 6.39. The largest absolute Gasteiger partial charge is 0.480 e. The van der Waals surface area contributed by atoms with E-state index in [2.05, 4.69) is 4.98 Å². The number of carboxylic acids is 1. The van der Waals surface area contributed by atoms with Gasteiger partial charge in [0.25, 0.3) is 5.91 Å². The molecule has 0 bridgehead atoms. The number of carbonyl (C=O) groups excluding carboxylic acids is 1. The summed E-state index contributed by atoms with van der Waals surface area (Å²) in [5.41, 5.74) is 2.23.